The molecule has 0 saturated carbocycles. The topological polar surface area (TPSA) is 12.9 Å². The lowest BCUT2D eigenvalue weighted by atomic mass is 10.0. The summed E-state index contributed by atoms with van der Waals surface area (Å²) in [6, 6.07) is 10.6. The molecule has 1 aromatic carbocycles. The minimum absolute atomic E-state index is 1.00. The first-order valence-electron chi connectivity index (χ1n) is 5.77. The average Bonchev–Trinajstić information content (AvgIpc) is 2.28. The molecule has 0 bridgehead atoms. The molecule has 1 heterocycles. The summed E-state index contributed by atoms with van der Waals surface area (Å²) in [5, 5.41) is 0. The van der Waals surface area contributed by atoms with E-state index in [-0.39, 0.29) is 0 Å². The maximum Gasteiger partial charge on any atom is 0.0682 e. The predicted octanol–water partition coefficient (Wildman–Crippen LogP) is 4.40. The standard InChI is InChI=1S/C16H17N/c1-11(2)16-13(4)9-15(10-17-16)14-7-5-6-12(3)8-14/h5-10H,1H2,2-4H3. The lowest BCUT2D eigenvalue weighted by Gasteiger charge is -2.08. The van der Waals surface area contributed by atoms with E-state index >= 15 is 0 Å². The van der Waals surface area contributed by atoms with Crippen LogP contribution in [0, 0.1) is 13.8 Å². The van der Waals surface area contributed by atoms with E-state index in [0.29, 0.717) is 0 Å². The van der Waals surface area contributed by atoms with Gasteiger partial charge >= 0.3 is 0 Å². The van der Waals surface area contributed by atoms with Crippen LogP contribution in [0.4, 0.5) is 0 Å². The third-order valence-corrected chi connectivity index (χ3v) is 2.83. The normalized spacial score (nSPS) is 10.3. The van der Waals surface area contributed by atoms with Crippen LogP contribution in [-0.4, -0.2) is 4.98 Å². The van der Waals surface area contributed by atoms with Gasteiger partial charge in [-0.2, -0.15) is 0 Å². The number of aromatic nitrogens is 1. The third-order valence-electron chi connectivity index (χ3n) is 2.83. The fourth-order valence-corrected chi connectivity index (χ4v) is 2.00. The van der Waals surface area contributed by atoms with Crippen LogP contribution in [0.25, 0.3) is 16.7 Å². The minimum Gasteiger partial charge on any atom is -0.256 e. The molecule has 0 amide bonds. The summed E-state index contributed by atoms with van der Waals surface area (Å²) in [4.78, 5) is 4.48. The van der Waals surface area contributed by atoms with E-state index < -0.39 is 0 Å². The van der Waals surface area contributed by atoms with Crippen LogP contribution in [0.1, 0.15) is 23.7 Å². The Hall–Kier alpha value is -1.89. The van der Waals surface area contributed by atoms with Crippen molar-refractivity contribution in [3.05, 3.63) is 59.9 Å². The molecule has 0 spiro atoms. The van der Waals surface area contributed by atoms with E-state index in [1.165, 1.54) is 16.7 Å². The molecule has 0 saturated heterocycles. The molecule has 0 N–H and O–H groups in total. The van der Waals surface area contributed by atoms with E-state index in [4.69, 9.17) is 0 Å². The number of hydrogen-bond donors (Lipinski definition) is 0. The first kappa shape index (κ1) is 11.6. The van der Waals surface area contributed by atoms with Crippen molar-refractivity contribution in [3.63, 3.8) is 0 Å². The van der Waals surface area contributed by atoms with Gasteiger partial charge in [0.2, 0.25) is 0 Å². The first-order chi connectivity index (χ1) is 8.08. The summed E-state index contributed by atoms with van der Waals surface area (Å²) < 4.78 is 0. The van der Waals surface area contributed by atoms with Crippen LogP contribution in [0.15, 0.2) is 43.1 Å². The molecule has 0 radical (unpaired) electrons. The molecule has 1 heteroatoms. The summed E-state index contributed by atoms with van der Waals surface area (Å²) in [6.07, 6.45) is 1.92. The molecule has 17 heavy (non-hydrogen) atoms. The van der Waals surface area contributed by atoms with Crippen molar-refractivity contribution in [2.45, 2.75) is 20.8 Å². The van der Waals surface area contributed by atoms with E-state index in [2.05, 4.69) is 55.7 Å². The molecular formula is C16H17N. The second-order valence-corrected chi connectivity index (χ2v) is 4.54. The van der Waals surface area contributed by atoms with Crippen molar-refractivity contribution in [2.24, 2.45) is 0 Å². The van der Waals surface area contributed by atoms with Gasteiger partial charge in [-0.15, -0.1) is 0 Å². The van der Waals surface area contributed by atoms with Gasteiger partial charge in [-0.25, -0.2) is 0 Å². The van der Waals surface area contributed by atoms with Gasteiger partial charge < -0.3 is 0 Å². The van der Waals surface area contributed by atoms with Crippen molar-refractivity contribution in [1.82, 2.24) is 4.98 Å². The maximum atomic E-state index is 4.48. The first-order valence-corrected chi connectivity index (χ1v) is 5.77. The second-order valence-electron chi connectivity index (χ2n) is 4.54. The van der Waals surface area contributed by atoms with E-state index in [1.807, 2.05) is 13.1 Å². The largest absolute Gasteiger partial charge is 0.256 e. The van der Waals surface area contributed by atoms with Crippen molar-refractivity contribution in [2.75, 3.05) is 0 Å². The Morgan fingerprint density at radius 1 is 1.12 bits per heavy atom. The highest BCUT2D eigenvalue weighted by Gasteiger charge is 2.04. The number of pyridine rings is 1. The van der Waals surface area contributed by atoms with Gasteiger partial charge in [-0.3, -0.25) is 4.98 Å². The van der Waals surface area contributed by atoms with Gasteiger partial charge in [0.05, 0.1) is 5.69 Å². The van der Waals surface area contributed by atoms with E-state index in [9.17, 15) is 0 Å². The molecule has 1 aromatic heterocycles. The van der Waals surface area contributed by atoms with Crippen LogP contribution < -0.4 is 0 Å². The Morgan fingerprint density at radius 2 is 1.88 bits per heavy atom. The molecule has 0 aliphatic heterocycles. The minimum atomic E-state index is 1.00. The monoisotopic (exact) mass is 223 g/mol. The number of allylic oxidation sites excluding steroid dienone is 1. The molecule has 0 aliphatic carbocycles. The second kappa shape index (κ2) is 4.54. The van der Waals surface area contributed by atoms with Crippen molar-refractivity contribution < 1.29 is 0 Å². The SMILES string of the molecule is C=C(C)c1ncc(-c2cccc(C)c2)cc1C. The Morgan fingerprint density at radius 3 is 2.47 bits per heavy atom. The molecular weight excluding hydrogens is 206 g/mol. The van der Waals surface area contributed by atoms with Gasteiger partial charge in [0.1, 0.15) is 0 Å². The zero-order chi connectivity index (χ0) is 12.4. The number of rotatable bonds is 2. The van der Waals surface area contributed by atoms with Crippen LogP contribution >= 0.6 is 0 Å². The quantitative estimate of drug-likeness (QED) is 0.735. The van der Waals surface area contributed by atoms with Crippen LogP contribution in [0.3, 0.4) is 0 Å². The molecule has 86 valence electrons. The Labute approximate surface area is 103 Å². The van der Waals surface area contributed by atoms with Gasteiger partial charge in [-0.1, -0.05) is 36.4 Å². The molecule has 0 aliphatic rings. The molecule has 2 rings (SSSR count). The zero-order valence-electron chi connectivity index (χ0n) is 10.6. The highest BCUT2D eigenvalue weighted by molar-refractivity contribution is 5.68. The lowest BCUT2D eigenvalue weighted by Crippen LogP contribution is -1.91. The van der Waals surface area contributed by atoms with Gasteiger partial charge in [-0.05, 0) is 43.5 Å². The van der Waals surface area contributed by atoms with E-state index in [1.54, 1.807) is 0 Å². The molecule has 0 atom stereocenters. The zero-order valence-corrected chi connectivity index (χ0v) is 10.6. The highest BCUT2D eigenvalue weighted by atomic mass is 14.7. The number of nitrogens with zero attached hydrogens (tertiary/aromatic N) is 1. The van der Waals surface area contributed by atoms with E-state index in [0.717, 1.165) is 16.8 Å². The van der Waals surface area contributed by atoms with Crippen LogP contribution in [0.5, 0.6) is 0 Å². The Kier molecular flexibility index (Phi) is 3.10. The summed E-state index contributed by atoms with van der Waals surface area (Å²) >= 11 is 0. The van der Waals surface area contributed by atoms with Crippen molar-refractivity contribution in [3.8, 4) is 11.1 Å². The molecule has 2 aromatic rings. The summed E-state index contributed by atoms with van der Waals surface area (Å²) in [5.41, 5.74) is 6.84. The maximum absolute atomic E-state index is 4.48. The van der Waals surface area contributed by atoms with Crippen LogP contribution in [0.2, 0.25) is 0 Å². The van der Waals surface area contributed by atoms with Gasteiger partial charge in [0.25, 0.3) is 0 Å². The van der Waals surface area contributed by atoms with Crippen LogP contribution in [-0.2, 0) is 0 Å². The number of benzene rings is 1. The average molecular weight is 223 g/mol. The number of aryl methyl sites for hydroxylation is 2. The molecule has 1 nitrogen and oxygen atoms in total. The smallest absolute Gasteiger partial charge is 0.0682 e. The van der Waals surface area contributed by atoms with Gasteiger partial charge in [0, 0.05) is 11.8 Å². The summed E-state index contributed by atoms with van der Waals surface area (Å²) in [6.45, 7) is 10.1. The summed E-state index contributed by atoms with van der Waals surface area (Å²) in [5.74, 6) is 0. The lowest BCUT2D eigenvalue weighted by molar-refractivity contribution is 1.21. The molecule has 0 fully saturated rings. The van der Waals surface area contributed by atoms with Gasteiger partial charge in [0.15, 0.2) is 0 Å². The Bertz CT molecular complexity index is 567. The highest BCUT2D eigenvalue weighted by Crippen LogP contribution is 2.23. The molecule has 0 unspecified atom stereocenters. The van der Waals surface area contributed by atoms with Crippen molar-refractivity contribution in [1.29, 1.82) is 0 Å². The summed E-state index contributed by atoms with van der Waals surface area (Å²) in [7, 11) is 0. The Balaban J connectivity index is 2.48. The number of hydrogen-bond acceptors (Lipinski definition) is 1. The predicted molar refractivity (Wildman–Crippen MR) is 73.9 cm³/mol. The van der Waals surface area contributed by atoms with Crippen molar-refractivity contribution >= 4 is 5.57 Å². The fraction of sp³-hybridized carbons (Fsp3) is 0.188. The fourth-order valence-electron chi connectivity index (χ4n) is 2.00. The third kappa shape index (κ3) is 2.44.